The van der Waals surface area contributed by atoms with E-state index >= 15 is 0 Å². The summed E-state index contributed by atoms with van der Waals surface area (Å²) in [5, 5.41) is 9.41. The van der Waals surface area contributed by atoms with E-state index in [1.807, 2.05) is 12.1 Å². The Morgan fingerprint density at radius 3 is 2.31 bits per heavy atom. The average Bonchev–Trinajstić information content (AvgIpc) is 2.57. The molecule has 2 rings (SSSR count). The number of carbonyl (C=O) groups is 1. The molecule has 0 unspecified atom stereocenters. The molecule has 0 amide bonds. The molecule has 0 radical (unpaired) electrons. The molecule has 0 aromatic heterocycles. The SMILES string of the molecule is CC(C)(C)c1ccc(OCCOc2ccc(Cl)cc2CCC(=O)O)cc1. The number of carboxylic acids is 1. The van der Waals surface area contributed by atoms with Gasteiger partial charge in [-0.25, -0.2) is 0 Å². The molecule has 0 spiro atoms. The Bertz CT molecular complexity index is 733. The van der Waals surface area contributed by atoms with E-state index in [0.29, 0.717) is 30.4 Å². The normalized spacial score (nSPS) is 11.2. The summed E-state index contributed by atoms with van der Waals surface area (Å²) < 4.78 is 11.5. The van der Waals surface area contributed by atoms with E-state index in [0.717, 1.165) is 11.3 Å². The fourth-order valence-corrected chi connectivity index (χ4v) is 2.68. The molecule has 26 heavy (non-hydrogen) atoms. The highest BCUT2D eigenvalue weighted by Gasteiger charge is 2.13. The minimum Gasteiger partial charge on any atom is -0.490 e. The highest BCUT2D eigenvalue weighted by atomic mass is 35.5. The molecular weight excluding hydrogens is 352 g/mol. The topological polar surface area (TPSA) is 55.8 Å². The summed E-state index contributed by atoms with van der Waals surface area (Å²) in [5.41, 5.74) is 2.16. The van der Waals surface area contributed by atoms with Crippen LogP contribution in [0.1, 0.15) is 38.3 Å². The van der Waals surface area contributed by atoms with Crippen LogP contribution in [0.2, 0.25) is 5.02 Å². The van der Waals surface area contributed by atoms with Gasteiger partial charge in [-0.15, -0.1) is 0 Å². The molecule has 0 heterocycles. The van der Waals surface area contributed by atoms with Gasteiger partial charge in [-0.1, -0.05) is 44.5 Å². The summed E-state index contributed by atoms with van der Waals surface area (Å²) >= 11 is 5.99. The molecule has 0 bridgehead atoms. The van der Waals surface area contributed by atoms with Gasteiger partial charge in [0.2, 0.25) is 0 Å². The summed E-state index contributed by atoms with van der Waals surface area (Å²) in [6.07, 6.45) is 0.410. The maximum atomic E-state index is 10.8. The molecule has 5 heteroatoms. The number of carboxylic acid groups (broad SMARTS) is 1. The van der Waals surface area contributed by atoms with E-state index in [1.165, 1.54) is 5.56 Å². The van der Waals surface area contributed by atoms with Crippen LogP contribution in [0.3, 0.4) is 0 Å². The van der Waals surface area contributed by atoms with Crippen molar-refractivity contribution in [1.29, 1.82) is 0 Å². The highest BCUT2D eigenvalue weighted by molar-refractivity contribution is 6.30. The summed E-state index contributed by atoms with van der Waals surface area (Å²) in [5.74, 6) is 0.587. The maximum absolute atomic E-state index is 10.8. The standard InChI is InChI=1S/C21H25ClO4/c1-21(2,3)16-5-8-18(9-6-16)25-12-13-26-19-10-7-17(22)14-15(19)4-11-20(23)24/h5-10,14H,4,11-13H2,1-3H3,(H,23,24). The first-order chi connectivity index (χ1) is 12.3. The highest BCUT2D eigenvalue weighted by Crippen LogP contribution is 2.25. The number of hydrogen-bond acceptors (Lipinski definition) is 3. The van der Waals surface area contributed by atoms with Crippen molar-refractivity contribution in [3.63, 3.8) is 0 Å². The third-order valence-corrected chi connectivity index (χ3v) is 4.20. The predicted molar refractivity (Wildman–Crippen MR) is 104 cm³/mol. The van der Waals surface area contributed by atoms with Crippen LogP contribution in [0.4, 0.5) is 0 Å². The summed E-state index contributed by atoms with van der Waals surface area (Å²) in [4.78, 5) is 10.8. The van der Waals surface area contributed by atoms with Gasteiger partial charge in [0.25, 0.3) is 0 Å². The van der Waals surface area contributed by atoms with Gasteiger partial charge in [-0.3, -0.25) is 4.79 Å². The van der Waals surface area contributed by atoms with Gasteiger partial charge in [-0.2, -0.15) is 0 Å². The van der Waals surface area contributed by atoms with E-state index in [1.54, 1.807) is 18.2 Å². The number of rotatable bonds is 8. The van der Waals surface area contributed by atoms with E-state index in [-0.39, 0.29) is 11.8 Å². The summed E-state index contributed by atoms with van der Waals surface area (Å²) in [6.45, 7) is 7.28. The second-order valence-corrected chi connectivity index (χ2v) is 7.55. The van der Waals surface area contributed by atoms with Crippen molar-refractivity contribution >= 4 is 17.6 Å². The summed E-state index contributed by atoms with van der Waals surface area (Å²) in [7, 11) is 0. The van der Waals surface area contributed by atoms with Gasteiger partial charge in [0.15, 0.2) is 0 Å². The van der Waals surface area contributed by atoms with Crippen LogP contribution in [0.25, 0.3) is 0 Å². The van der Waals surface area contributed by atoms with E-state index in [4.69, 9.17) is 26.2 Å². The Morgan fingerprint density at radius 2 is 1.69 bits per heavy atom. The Hall–Kier alpha value is -2.20. The molecule has 0 saturated heterocycles. The molecule has 4 nitrogen and oxygen atoms in total. The minimum absolute atomic E-state index is 0.0350. The number of ether oxygens (including phenoxy) is 2. The largest absolute Gasteiger partial charge is 0.490 e. The van der Waals surface area contributed by atoms with Gasteiger partial charge < -0.3 is 14.6 Å². The van der Waals surface area contributed by atoms with Crippen LogP contribution >= 0.6 is 11.6 Å². The lowest BCUT2D eigenvalue weighted by atomic mass is 9.87. The van der Waals surface area contributed by atoms with Gasteiger partial charge in [0.05, 0.1) is 0 Å². The fraction of sp³-hybridized carbons (Fsp3) is 0.381. The first kappa shape index (κ1) is 20.1. The Kier molecular flexibility index (Phi) is 6.92. The zero-order valence-corrected chi connectivity index (χ0v) is 16.2. The van der Waals surface area contributed by atoms with Gasteiger partial charge in [0.1, 0.15) is 24.7 Å². The molecule has 140 valence electrons. The second kappa shape index (κ2) is 8.95. The Morgan fingerprint density at radius 1 is 1.04 bits per heavy atom. The number of halogens is 1. The van der Waals surface area contributed by atoms with Crippen molar-refractivity contribution in [1.82, 2.24) is 0 Å². The smallest absolute Gasteiger partial charge is 0.303 e. The van der Waals surface area contributed by atoms with E-state index < -0.39 is 5.97 Å². The second-order valence-electron chi connectivity index (χ2n) is 7.12. The molecule has 0 atom stereocenters. The van der Waals surface area contributed by atoms with Crippen LogP contribution in [-0.4, -0.2) is 24.3 Å². The Balaban J connectivity index is 1.87. The quantitative estimate of drug-likeness (QED) is 0.650. The number of aliphatic carboxylic acids is 1. The molecule has 2 aromatic carbocycles. The number of hydrogen-bond donors (Lipinski definition) is 1. The summed E-state index contributed by atoms with van der Waals surface area (Å²) in [6, 6.07) is 13.3. The molecule has 1 N–H and O–H groups in total. The fourth-order valence-electron chi connectivity index (χ4n) is 2.49. The van der Waals surface area contributed by atoms with Crippen LogP contribution in [-0.2, 0) is 16.6 Å². The van der Waals surface area contributed by atoms with E-state index in [2.05, 4.69) is 32.9 Å². The van der Waals surface area contributed by atoms with E-state index in [9.17, 15) is 4.79 Å². The number of benzene rings is 2. The van der Waals surface area contributed by atoms with Crippen LogP contribution in [0, 0.1) is 0 Å². The maximum Gasteiger partial charge on any atom is 0.303 e. The van der Waals surface area contributed by atoms with Gasteiger partial charge in [0, 0.05) is 11.4 Å². The zero-order chi connectivity index (χ0) is 19.2. The van der Waals surface area contributed by atoms with Crippen LogP contribution < -0.4 is 9.47 Å². The van der Waals surface area contributed by atoms with Crippen molar-refractivity contribution in [2.45, 2.75) is 39.0 Å². The lowest BCUT2D eigenvalue weighted by molar-refractivity contribution is -0.136. The first-order valence-electron chi connectivity index (χ1n) is 8.62. The molecule has 2 aromatic rings. The molecule has 0 aliphatic heterocycles. The van der Waals surface area contributed by atoms with Crippen molar-refractivity contribution in [2.24, 2.45) is 0 Å². The zero-order valence-electron chi connectivity index (χ0n) is 15.4. The monoisotopic (exact) mass is 376 g/mol. The van der Waals surface area contributed by atoms with Crippen molar-refractivity contribution < 1.29 is 19.4 Å². The van der Waals surface area contributed by atoms with Crippen LogP contribution in [0.15, 0.2) is 42.5 Å². The van der Waals surface area contributed by atoms with Gasteiger partial charge in [-0.05, 0) is 53.3 Å². The van der Waals surface area contributed by atoms with Crippen molar-refractivity contribution in [3.05, 3.63) is 58.6 Å². The molecule has 0 fully saturated rings. The lowest BCUT2D eigenvalue weighted by Gasteiger charge is -2.19. The van der Waals surface area contributed by atoms with Crippen LogP contribution in [0.5, 0.6) is 11.5 Å². The minimum atomic E-state index is -0.849. The molecule has 0 aliphatic carbocycles. The van der Waals surface area contributed by atoms with Crippen molar-refractivity contribution in [2.75, 3.05) is 13.2 Å². The molecular formula is C21H25ClO4. The third-order valence-electron chi connectivity index (χ3n) is 3.96. The molecule has 0 saturated carbocycles. The van der Waals surface area contributed by atoms with Crippen molar-refractivity contribution in [3.8, 4) is 11.5 Å². The molecule has 0 aliphatic rings. The predicted octanol–water partition coefficient (Wildman–Crippen LogP) is 5.11. The average molecular weight is 377 g/mol. The third kappa shape index (κ3) is 6.26. The van der Waals surface area contributed by atoms with Gasteiger partial charge >= 0.3 is 5.97 Å². The Labute approximate surface area is 159 Å². The number of aryl methyl sites for hydroxylation is 1. The first-order valence-corrected chi connectivity index (χ1v) is 9.00. The lowest BCUT2D eigenvalue weighted by Crippen LogP contribution is -2.12.